The van der Waals surface area contributed by atoms with E-state index in [9.17, 15) is 18.0 Å². The highest BCUT2D eigenvalue weighted by atomic mass is 32.2. The average molecular weight is 424 g/mol. The number of piperidine rings is 1. The summed E-state index contributed by atoms with van der Waals surface area (Å²) in [6.07, 6.45) is 3.48. The summed E-state index contributed by atoms with van der Waals surface area (Å²) in [5.74, 6) is -0.0500. The predicted octanol–water partition coefficient (Wildman–Crippen LogP) is 1.59. The SMILES string of the molecule is COCC(C)NS(=O)(=O)c1ccc(NC(=O)C2CCCN(C(=O)C3CC3)C2)cc1. The number of hydrogen-bond donors (Lipinski definition) is 2. The van der Waals surface area contributed by atoms with Gasteiger partial charge in [0, 0.05) is 37.8 Å². The number of nitrogens with zero attached hydrogens (tertiary/aromatic N) is 1. The lowest BCUT2D eigenvalue weighted by Crippen LogP contribution is -2.44. The Morgan fingerprint density at radius 2 is 1.86 bits per heavy atom. The van der Waals surface area contributed by atoms with Gasteiger partial charge in [0.1, 0.15) is 0 Å². The van der Waals surface area contributed by atoms with Crippen molar-refractivity contribution in [2.45, 2.75) is 43.5 Å². The number of likely N-dealkylation sites (tertiary alicyclic amines) is 1. The number of amides is 2. The van der Waals surface area contributed by atoms with Crippen LogP contribution in [0.2, 0.25) is 0 Å². The van der Waals surface area contributed by atoms with Gasteiger partial charge in [-0.25, -0.2) is 13.1 Å². The zero-order valence-corrected chi connectivity index (χ0v) is 17.7. The Kier molecular flexibility index (Phi) is 6.92. The monoisotopic (exact) mass is 423 g/mol. The van der Waals surface area contributed by atoms with Crippen molar-refractivity contribution in [1.29, 1.82) is 0 Å². The third-order valence-corrected chi connectivity index (χ3v) is 6.84. The van der Waals surface area contributed by atoms with Crippen molar-refractivity contribution in [3.8, 4) is 0 Å². The van der Waals surface area contributed by atoms with Gasteiger partial charge in [0.25, 0.3) is 0 Å². The fourth-order valence-electron chi connectivity index (χ4n) is 3.56. The summed E-state index contributed by atoms with van der Waals surface area (Å²) >= 11 is 0. The maximum Gasteiger partial charge on any atom is 0.240 e. The molecule has 1 aliphatic heterocycles. The number of hydrogen-bond acceptors (Lipinski definition) is 5. The van der Waals surface area contributed by atoms with E-state index < -0.39 is 10.0 Å². The lowest BCUT2D eigenvalue weighted by atomic mass is 9.96. The fourth-order valence-corrected chi connectivity index (χ4v) is 4.79. The quantitative estimate of drug-likeness (QED) is 0.661. The number of ether oxygens (including phenoxy) is 1. The molecule has 1 aliphatic carbocycles. The van der Waals surface area contributed by atoms with Gasteiger partial charge in [-0.15, -0.1) is 0 Å². The molecule has 160 valence electrons. The van der Waals surface area contributed by atoms with E-state index in [2.05, 4.69) is 10.0 Å². The van der Waals surface area contributed by atoms with E-state index in [0.29, 0.717) is 12.2 Å². The number of carbonyl (C=O) groups is 2. The largest absolute Gasteiger partial charge is 0.383 e. The summed E-state index contributed by atoms with van der Waals surface area (Å²) in [4.78, 5) is 26.8. The van der Waals surface area contributed by atoms with E-state index in [1.165, 1.54) is 19.2 Å². The van der Waals surface area contributed by atoms with Gasteiger partial charge in [0.2, 0.25) is 21.8 Å². The molecule has 2 amide bonds. The van der Waals surface area contributed by atoms with Crippen molar-refractivity contribution >= 4 is 27.5 Å². The summed E-state index contributed by atoms with van der Waals surface area (Å²) in [5.41, 5.74) is 0.532. The van der Waals surface area contributed by atoms with Gasteiger partial charge in [-0.2, -0.15) is 0 Å². The molecule has 1 aromatic carbocycles. The molecule has 2 atom stereocenters. The van der Waals surface area contributed by atoms with Crippen LogP contribution >= 0.6 is 0 Å². The van der Waals surface area contributed by atoms with Gasteiger partial charge in [-0.1, -0.05) is 0 Å². The fraction of sp³-hybridized carbons (Fsp3) is 0.600. The van der Waals surface area contributed by atoms with Crippen molar-refractivity contribution in [2.75, 3.05) is 32.1 Å². The lowest BCUT2D eigenvalue weighted by molar-refractivity contribution is -0.135. The highest BCUT2D eigenvalue weighted by Crippen LogP contribution is 2.32. The van der Waals surface area contributed by atoms with Gasteiger partial charge in [0.15, 0.2) is 0 Å². The van der Waals surface area contributed by atoms with E-state index in [1.54, 1.807) is 19.1 Å². The van der Waals surface area contributed by atoms with Crippen molar-refractivity contribution in [3.05, 3.63) is 24.3 Å². The average Bonchev–Trinajstić information content (AvgIpc) is 3.53. The summed E-state index contributed by atoms with van der Waals surface area (Å²) in [5, 5.41) is 2.84. The van der Waals surface area contributed by atoms with Gasteiger partial charge < -0.3 is 15.0 Å². The summed E-state index contributed by atoms with van der Waals surface area (Å²) in [7, 11) is -2.14. The van der Waals surface area contributed by atoms with Crippen LogP contribution < -0.4 is 10.0 Å². The topological polar surface area (TPSA) is 105 Å². The lowest BCUT2D eigenvalue weighted by Gasteiger charge is -2.32. The van der Waals surface area contributed by atoms with Crippen LogP contribution in [0.15, 0.2) is 29.2 Å². The van der Waals surface area contributed by atoms with E-state index in [1.807, 2.05) is 4.90 Å². The van der Waals surface area contributed by atoms with Crippen LogP contribution in [0.5, 0.6) is 0 Å². The maximum absolute atomic E-state index is 12.6. The zero-order valence-electron chi connectivity index (χ0n) is 16.9. The molecule has 0 aromatic heterocycles. The zero-order chi connectivity index (χ0) is 21.0. The molecule has 29 heavy (non-hydrogen) atoms. The van der Waals surface area contributed by atoms with Gasteiger partial charge in [-0.3, -0.25) is 9.59 Å². The van der Waals surface area contributed by atoms with Gasteiger partial charge in [-0.05, 0) is 56.9 Å². The second-order valence-corrected chi connectivity index (χ2v) is 9.60. The first-order valence-corrected chi connectivity index (χ1v) is 11.5. The van der Waals surface area contributed by atoms with E-state index in [4.69, 9.17) is 4.74 Å². The van der Waals surface area contributed by atoms with Crippen LogP contribution in [-0.4, -0.2) is 58.0 Å². The summed E-state index contributed by atoms with van der Waals surface area (Å²) in [6.45, 7) is 3.17. The molecule has 3 rings (SSSR count). The van der Waals surface area contributed by atoms with Crippen molar-refractivity contribution in [2.24, 2.45) is 11.8 Å². The summed E-state index contributed by atoms with van der Waals surface area (Å²) in [6, 6.07) is 5.71. The number of anilines is 1. The normalized spacial score (nSPS) is 20.9. The minimum Gasteiger partial charge on any atom is -0.383 e. The first-order valence-electron chi connectivity index (χ1n) is 10.0. The molecule has 0 bridgehead atoms. The predicted molar refractivity (Wildman–Crippen MR) is 109 cm³/mol. The smallest absolute Gasteiger partial charge is 0.240 e. The second-order valence-electron chi connectivity index (χ2n) is 7.89. The van der Waals surface area contributed by atoms with Gasteiger partial charge in [0.05, 0.1) is 17.4 Å². The third kappa shape index (κ3) is 5.77. The van der Waals surface area contributed by atoms with E-state index in [0.717, 1.165) is 32.2 Å². The number of sulfonamides is 1. The van der Waals surface area contributed by atoms with Crippen molar-refractivity contribution < 1.29 is 22.7 Å². The molecule has 1 heterocycles. The Morgan fingerprint density at radius 1 is 1.17 bits per heavy atom. The number of benzene rings is 1. The molecule has 1 saturated carbocycles. The highest BCUT2D eigenvalue weighted by Gasteiger charge is 2.36. The van der Waals surface area contributed by atoms with Crippen LogP contribution in [0.1, 0.15) is 32.6 Å². The first kappa shape index (κ1) is 21.7. The molecule has 1 saturated heterocycles. The number of carbonyl (C=O) groups excluding carboxylic acids is 2. The molecule has 9 heteroatoms. The molecular weight excluding hydrogens is 394 g/mol. The number of nitrogens with one attached hydrogen (secondary N) is 2. The Labute approximate surface area is 172 Å². The molecular formula is C20H29N3O5S. The molecule has 2 unspecified atom stereocenters. The Balaban J connectivity index is 1.57. The first-order chi connectivity index (χ1) is 13.8. The van der Waals surface area contributed by atoms with Crippen LogP contribution in [0, 0.1) is 11.8 Å². The van der Waals surface area contributed by atoms with Crippen LogP contribution in [-0.2, 0) is 24.3 Å². The Hall–Kier alpha value is -1.97. The molecule has 2 N–H and O–H groups in total. The van der Waals surface area contributed by atoms with Crippen molar-refractivity contribution in [3.63, 3.8) is 0 Å². The van der Waals surface area contributed by atoms with Crippen LogP contribution in [0.3, 0.4) is 0 Å². The minimum atomic E-state index is -3.65. The second kappa shape index (κ2) is 9.23. The van der Waals surface area contributed by atoms with Crippen LogP contribution in [0.25, 0.3) is 0 Å². The minimum absolute atomic E-state index is 0.123. The Morgan fingerprint density at radius 3 is 2.48 bits per heavy atom. The number of methoxy groups -OCH3 is 1. The van der Waals surface area contributed by atoms with Gasteiger partial charge >= 0.3 is 0 Å². The molecule has 2 fully saturated rings. The van der Waals surface area contributed by atoms with E-state index in [-0.39, 0.29) is 41.2 Å². The molecule has 8 nitrogen and oxygen atoms in total. The standard InChI is InChI=1S/C20H29N3O5S/c1-14(13-28-2)22-29(26,27)18-9-7-17(8-10-18)21-19(24)16-4-3-11-23(12-16)20(25)15-5-6-15/h7-10,14-16,22H,3-6,11-13H2,1-2H3,(H,21,24). The molecule has 0 spiro atoms. The maximum atomic E-state index is 12.6. The summed E-state index contributed by atoms with van der Waals surface area (Å²) < 4.78 is 32.2. The Bertz CT molecular complexity index is 836. The van der Waals surface area contributed by atoms with E-state index >= 15 is 0 Å². The molecule has 1 aromatic rings. The van der Waals surface area contributed by atoms with Crippen molar-refractivity contribution in [1.82, 2.24) is 9.62 Å². The third-order valence-electron chi connectivity index (χ3n) is 5.24. The highest BCUT2D eigenvalue weighted by molar-refractivity contribution is 7.89. The van der Waals surface area contributed by atoms with Crippen LogP contribution in [0.4, 0.5) is 5.69 Å². The number of rotatable bonds is 8. The molecule has 2 aliphatic rings. The molecule has 0 radical (unpaired) electrons.